The van der Waals surface area contributed by atoms with Crippen molar-refractivity contribution in [1.82, 2.24) is 29.7 Å². The molecule has 0 amide bonds. The van der Waals surface area contributed by atoms with E-state index in [1.54, 1.807) is 4.68 Å². The van der Waals surface area contributed by atoms with Crippen LogP contribution in [0.15, 0.2) is 48.7 Å². The van der Waals surface area contributed by atoms with Gasteiger partial charge < -0.3 is 9.47 Å². The van der Waals surface area contributed by atoms with Crippen molar-refractivity contribution in [2.45, 2.75) is 66.2 Å². The topological polar surface area (TPSA) is 87.3 Å². The zero-order valence-electron chi connectivity index (χ0n) is 27.0. The summed E-state index contributed by atoms with van der Waals surface area (Å²) in [6.45, 7) is 12.7. The summed E-state index contributed by atoms with van der Waals surface area (Å²) in [6.07, 6.45) is 2.91. The van der Waals surface area contributed by atoms with Gasteiger partial charge in [0.15, 0.2) is 0 Å². The smallest absolute Gasteiger partial charge is 0.312 e. The van der Waals surface area contributed by atoms with E-state index >= 15 is 0 Å². The fourth-order valence-corrected chi connectivity index (χ4v) is 6.81. The van der Waals surface area contributed by atoms with Crippen LogP contribution in [-0.4, -0.2) is 55.4 Å². The number of nitrogens with zero attached hydrogens (tertiary/aromatic N) is 6. The maximum absolute atomic E-state index is 13.3. The number of rotatable bonds is 7. The molecule has 6 rings (SSSR count). The fourth-order valence-electron chi connectivity index (χ4n) is 6.81. The van der Waals surface area contributed by atoms with Crippen LogP contribution in [0.3, 0.4) is 0 Å². The molecule has 0 aliphatic carbocycles. The van der Waals surface area contributed by atoms with E-state index in [0.717, 1.165) is 70.4 Å². The molecule has 0 saturated carbocycles. The van der Waals surface area contributed by atoms with E-state index in [-0.39, 0.29) is 18.0 Å². The second kappa shape index (κ2) is 11.4. The summed E-state index contributed by atoms with van der Waals surface area (Å²) >= 11 is 0. The standard InChI is InChI=1S/C35H42N6O3/c1-9-27-20-41(19-26-15-24-17-36-39(6)30(24)16-31(26)44-27)18-25-14-23(11-10-21(25)2)32(35(4,5)34(42)43-8)28-12-13-29-33(22(28)3)37-38-40(29)7/h10-17,27,32H,9,18-20H2,1-8H3/t27-,32?/m1/s1. The Kier molecular flexibility index (Phi) is 7.70. The molecule has 5 aromatic rings. The fraction of sp³-hybridized carbons (Fsp3) is 0.429. The lowest BCUT2D eigenvalue weighted by molar-refractivity contribution is -0.151. The highest BCUT2D eigenvalue weighted by molar-refractivity contribution is 5.83. The molecule has 1 aliphatic rings. The molecule has 0 spiro atoms. The predicted octanol–water partition coefficient (Wildman–Crippen LogP) is 5.98. The summed E-state index contributed by atoms with van der Waals surface area (Å²) in [7, 11) is 5.32. The average Bonchev–Trinajstić information content (AvgIpc) is 3.50. The van der Waals surface area contributed by atoms with E-state index in [4.69, 9.17) is 9.47 Å². The van der Waals surface area contributed by atoms with Crippen LogP contribution in [0.1, 0.15) is 66.5 Å². The minimum atomic E-state index is -0.834. The molecule has 1 aliphatic heterocycles. The van der Waals surface area contributed by atoms with Gasteiger partial charge in [0.2, 0.25) is 0 Å². The van der Waals surface area contributed by atoms with E-state index < -0.39 is 5.41 Å². The van der Waals surface area contributed by atoms with Crippen molar-refractivity contribution in [3.63, 3.8) is 0 Å². The second-order valence-electron chi connectivity index (χ2n) is 12.8. The number of hydrogen-bond donors (Lipinski definition) is 0. The molecule has 0 N–H and O–H groups in total. The number of benzene rings is 3. The summed E-state index contributed by atoms with van der Waals surface area (Å²) in [5.41, 5.74) is 8.81. The first-order chi connectivity index (χ1) is 21.0. The number of hydrogen-bond acceptors (Lipinski definition) is 7. The van der Waals surface area contributed by atoms with Gasteiger partial charge in [0, 0.05) is 56.7 Å². The van der Waals surface area contributed by atoms with E-state index in [0.29, 0.717) is 0 Å². The minimum absolute atomic E-state index is 0.0813. The predicted molar refractivity (Wildman–Crippen MR) is 172 cm³/mol. The lowest BCUT2D eigenvalue weighted by Crippen LogP contribution is -2.34. The van der Waals surface area contributed by atoms with Crippen LogP contribution in [0, 0.1) is 19.3 Å². The number of aryl methyl sites for hydroxylation is 4. The van der Waals surface area contributed by atoms with Crippen LogP contribution < -0.4 is 4.74 Å². The van der Waals surface area contributed by atoms with Crippen LogP contribution >= 0.6 is 0 Å². The Labute approximate surface area is 258 Å². The highest BCUT2D eigenvalue weighted by Crippen LogP contribution is 2.44. The van der Waals surface area contributed by atoms with Crippen LogP contribution in [0.2, 0.25) is 0 Å². The summed E-state index contributed by atoms with van der Waals surface area (Å²) in [6, 6.07) is 15.1. The van der Waals surface area contributed by atoms with Crippen molar-refractivity contribution < 1.29 is 14.3 Å². The minimum Gasteiger partial charge on any atom is -0.489 e. The third-order valence-corrected chi connectivity index (χ3v) is 9.46. The van der Waals surface area contributed by atoms with Crippen LogP contribution in [-0.2, 0) is 36.7 Å². The summed E-state index contributed by atoms with van der Waals surface area (Å²) < 4.78 is 15.6. The SMILES string of the molecule is CC[C@@H]1CN(Cc2cc(C(c3ccc4c(nnn4C)c3C)C(C)(C)C(=O)OC)ccc2C)Cc2cc3cnn(C)c3cc2O1. The molecule has 3 heterocycles. The van der Waals surface area contributed by atoms with Gasteiger partial charge in [0.05, 0.1) is 29.8 Å². The van der Waals surface area contributed by atoms with E-state index in [1.807, 2.05) is 44.9 Å². The Balaban J connectivity index is 1.40. The van der Waals surface area contributed by atoms with Crippen molar-refractivity contribution in [1.29, 1.82) is 0 Å². The number of ether oxygens (including phenoxy) is 2. The molecule has 9 heteroatoms. The van der Waals surface area contributed by atoms with Gasteiger partial charge in [-0.3, -0.25) is 14.4 Å². The third kappa shape index (κ3) is 5.13. The van der Waals surface area contributed by atoms with Gasteiger partial charge in [-0.2, -0.15) is 5.10 Å². The van der Waals surface area contributed by atoms with Crippen molar-refractivity contribution in [3.05, 3.63) is 82.0 Å². The van der Waals surface area contributed by atoms with Gasteiger partial charge in [-0.05, 0) is 74.1 Å². The first-order valence-corrected chi connectivity index (χ1v) is 15.3. The first kappa shape index (κ1) is 29.8. The number of carbonyl (C=O) groups is 1. The lowest BCUT2D eigenvalue weighted by Gasteiger charge is -2.34. The van der Waals surface area contributed by atoms with Gasteiger partial charge in [0.1, 0.15) is 17.4 Å². The Morgan fingerprint density at radius 1 is 1.09 bits per heavy atom. The number of carbonyl (C=O) groups excluding carboxylic acids is 1. The second-order valence-corrected chi connectivity index (χ2v) is 12.8. The molecule has 0 radical (unpaired) electrons. The summed E-state index contributed by atoms with van der Waals surface area (Å²) in [5.74, 6) is 0.434. The van der Waals surface area contributed by atoms with E-state index in [2.05, 4.69) is 77.5 Å². The molecule has 2 atom stereocenters. The average molecular weight is 595 g/mol. The maximum atomic E-state index is 13.3. The summed E-state index contributed by atoms with van der Waals surface area (Å²) in [5, 5.41) is 14.3. The van der Waals surface area contributed by atoms with Gasteiger partial charge in [0.25, 0.3) is 0 Å². The molecule has 0 fully saturated rings. The Bertz CT molecular complexity index is 1870. The Morgan fingerprint density at radius 3 is 2.64 bits per heavy atom. The maximum Gasteiger partial charge on any atom is 0.312 e. The van der Waals surface area contributed by atoms with Crippen LogP contribution in [0.4, 0.5) is 0 Å². The van der Waals surface area contributed by atoms with Crippen molar-refractivity contribution >= 4 is 27.9 Å². The molecule has 1 unspecified atom stereocenters. The van der Waals surface area contributed by atoms with Gasteiger partial charge >= 0.3 is 5.97 Å². The molecule has 230 valence electrons. The third-order valence-electron chi connectivity index (χ3n) is 9.46. The van der Waals surface area contributed by atoms with Crippen molar-refractivity contribution in [2.75, 3.05) is 13.7 Å². The zero-order valence-corrected chi connectivity index (χ0v) is 27.0. The van der Waals surface area contributed by atoms with E-state index in [9.17, 15) is 4.79 Å². The highest BCUT2D eigenvalue weighted by atomic mass is 16.5. The molecule has 3 aromatic carbocycles. The molecular weight excluding hydrogens is 552 g/mol. The highest BCUT2D eigenvalue weighted by Gasteiger charge is 2.41. The summed E-state index contributed by atoms with van der Waals surface area (Å²) in [4.78, 5) is 15.8. The monoisotopic (exact) mass is 594 g/mol. The number of aromatic nitrogens is 5. The first-order valence-electron chi connectivity index (χ1n) is 15.3. The van der Waals surface area contributed by atoms with Crippen molar-refractivity contribution in [2.24, 2.45) is 19.5 Å². The van der Waals surface area contributed by atoms with Gasteiger partial charge in [-0.1, -0.05) is 36.4 Å². The van der Waals surface area contributed by atoms with Gasteiger partial charge in [-0.25, -0.2) is 4.68 Å². The van der Waals surface area contributed by atoms with Crippen LogP contribution in [0.25, 0.3) is 21.9 Å². The number of esters is 1. The van der Waals surface area contributed by atoms with Crippen molar-refractivity contribution in [3.8, 4) is 5.75 Å². The molecule has 9 nitrogen and oxygen atoms in total. The Hall–Kier alpha value is -4.24. The number of fused-ring (bicyclic) bond motifs is 3. The molecular formula is C35H42N6O3. The quantitative estimate of drug-likeness (QED) is 0.214. The molecule has 44 heavy (non-hydrogen) atoms. The number of methoxy groups -OCH3 is 1. The normalized spacial score (nSPS) is 16.5. The Morgan fingerprint density at radius 2 is 1.89 bits per heavy atom. The van der Waals surface area contributed by atoms with Gasteiger partial charge in [-0.15, -0.1) is 5.10 Å². The largest absolute Gasteiger partial charge is 0.489 e. The van der Waals surface area contributed by atoms with Crippen LogP contribution in [0.5, 0.6) is 5.75 Å². The molecule has 2 aromatic heterocycles. The lowest BCUT2D eigenvalue weighted by atomic mass is 9.69. The van der Waals surface area contributed by atoms with E-state index in [1.165, 1.54) is 23.8 Å². The molecule has 0 bridgehead atoms. The zero-order chi connectivity index (χ0) is 31.3. The molecule has 0 saturated heterocycles.